The first-order valence-corrected chi connectivity index (χ1v) is 11.1. The smallest absolute Gasteiger partial charge is 0.338 e. The van der Waals surface area contributed by atoms with Gasteiger partial charge in [-0.15, -0.1) is 0 Å². The molecule has 1 aliphatic heterocycles. The summed E-state index contributed by atoms with van der Waals surface area (Å²) in [5.74, 6) is -2.33. The van der Waals surface area contributed by atoms with Gasteiger partial charge in [0.2, 0.25) is 11.8 Å². The third kappa shape index (κ3) is 4.47. The van der Waals surface area contributed by atoms with E-state index >= 15 is 0 Å². The number of carbonyl (C=O) groups is 4. The summed E-state index contributed by atoms with van der Waals surface area (Å²) in [7, 11) is 0. The molecule has 2 aromatic rings. The number of carbonyl (C=O) groups excluding carboxylic acids is 4. The fourth-order valence-corrected chi connectivity index (χ4v) is 4.51. The minimum atomic E-state index is -0.703. The normalized spacial score (nSPS) is 19.6. The van der Waals surface area contributed by atoms with Gasteiger partial charge in [-0.25, -0.2) is 4.79 Å². The van der Waals surface area contributed by atoms with Gasteiger partial charge in [-0.05, 0) is 55.3 Å². The Balaban J connectivity index is 1.36. The molecule has 0 spiro atoms. The maximum absolute atomic E-state index is 12.7. The van der Waals surface area contributed by atoms with E-state index in [-0.39, 0.29) is 29.2 Å². The van der Waals surface area contributed by atoms with E-state index in [0.717, 1.165) is 4.47 Å². The van der Waals surface area contributed by atoms with Crippen LogP contribution in [0.3, 0.4) is 0 Å². The fourth-order valence-electron chi connectivity index (χ4n) is 3.79. The number of benzene rings is 2. The Bertz CT molecular complexity index is 1110. The molecule has 32 heavy (non-hydrogen) atoms. The van der Waals surface area contributed by atoms with Crippen molar-refractivity contribution in [3.05, 3.63) is 69.7 Å². The van der Waals surface area contributed by atoms with Gasteiger partial charge in [0.15, 0.2) is 6.61 Å². The molecule has 1 aliphatic carbocycles. The molecule has 164 valence electrons. The number of ether oxygens (including phenoxy) is 1. The summed E-state index contributed by atoms with van der Waals surface area (Å²) in [4.78, 5) is 50.9. The third-order valence-electron chi connectivity index (χ3n) is 5.41. The summed E-state index contributed by atoms with van der Waals surface area (Å²) < 4.78 is 5.82. The molecule has 0 radical (unpaired) electrons. The van der Waals surface area contributed by atoms with E-state index in [0.29, 0.717) is 29.2 Å². The van der Waals surface area contributed by atoms with E-state index < -0.39 is 18.5 Å². The van der Waals surface area contributed by atoms with Crippen LogP contribution in [0.2, 0.25) is 5.02 Å². The van der Waals surface area contributed by atoms with Crippen LogP contribution >= 0.6 is 27.5 Å². The molecule has 0 saturated carbocycles. The third-order valence-corrected chi connectivity index (χ3v) is 6.21. The van der Waals surface area contributed by atoms with Crippen molar-refractivity contribution >= 4 is 62.6 Å². The van der Waals surface area contributed by atoms with Crippen LogP contribution in [0.4, 0.5) is 11.4 Å². The lowest BCUT2D eigenvalue weighted by Crippen LogP contribution is -2.30. The number of fused-ring (bicyclic) bond motifs is 1. The Kier molecular flexibility index (Phi) is 6.43. The molecular formula is C23H18BrClN2O5. The lowest BCUT2D eigenvalue weighted by atomic mass is 9.85. The number of esters is 1. The lowest BCUT2D eigenvalue weighted by molar-refractivity contribution is -0.122. The minimum Gasteiger partial charge on any atom is -0.452 e. The minimum absolute atomic E-state index is 0.196. The van der Waals surface area contributed by atoms with E-state index in [4.69, 9.17) is 16.3 Å². The number of nitrogens with zero attached hydrogens (tertiary/aromatic N) is 1. The lowest BCUT2D eigenvalue weighted by Gasteiger charge is -2.15. The predicted molar refractivity (Wildman–Crippen MR) is 122 cm³/mol. The van der Waals surface area contributed by atoms with Crippen LogP contribution in [0, 0.1) is 11.8 Å². The van der Waals surface area contributed by atoms with Crippen LogP contribution in [0.5, 0.6) is 0 Å². The summed E-state index contributed by atoms with van der Waals surface area (Å²) in [6, 6.07) is 10.9. The number of anilines is 2. The van der Waals surface area contributed by atoms with Gasteiger partial charge in [-0.1, -0.05) is 39.7 Å². The van der Waals surface area contributed by atoms with Gasteiger partial charge in [-0.3, -0.25) is 19.3 Å². The molecule has 0 unspecified atom stereocenters. The summed E-state index contributed by atoms with van der Waals surface area (Å²) in [6.07, 6.45) is 4.97. The summed E-state index contributed by atoms with van der Waals surface area (Å²) in [6.45, 7) is -0.494. The second kappa shape index (κ2) is 9.26. The quantitative estimate of drug-likeness (QED) is 0.362. The Labute approximate surface area is 197 Å². The molecule has 2 aliphatic rings. The molecule has 9 heteroatoms. The first kappa shape index (κ1) is 22.2. The molecule has 0 aromatic heterocycles. The van der Waals surface area contributed by atoms with Gasteiger partial charge in [0.1, 0.15) is 0 Å². The number of allylic oxidation sites excluding steroid dienone is 2. The molecular weight excluding hydrogens is 500 g/mol. The van der Waals surface area contributed by atoms with E-state index in [1.54, 1.807) is 18.2 Å². The van der Waals surface area contributed by atoms with Crippen molar-refractivity contribution in [2.45, 2.75) is 12.8 Å². The Morgan fingerprint density at radius 1 is 1.03 bits per heavy atom. The SMILES string of the molecule is O=C(COC(=O)c1ccc(N2C(=O)[C@@H]3CC=CC[C@H]3C2=O)cc1)Nc1ccc(Br)cc1Cl. The van der Waals surface area contributed by atoms with Crippen molar-refractivity contribution in [2.24, 2.45) is 11.8 Å². The molecule has 3 amide bonds. The zero-order valence-electron chi connectivity index (χ0n) is 16.7. The van der Waals surface area contributed by atoms with Crippen molar-refractivity contribution < 1.29 is 23.9 Å². The number of rotatable bonds is 5. The Morgan fingerprint density at radius 2 is 1.66 bits per heavy atom. The van der Waals surface area contributed by atoms with Crippen LogP contribution in [-0.4, -0.2) is 30.3 Å². The average molecular weight is 518 g/mol. The first-order valence-electron chi connectivity index (χ1n) is 9.90. The van der Waals surface area contributed by atoms with Crippen LogP contribution in [-0.2, 0) is 19.1 Å². The molecule has 2 aromatic carbocycles. The molecule has 0 bridgehead atoms. The first-order chi connectivity index (χ1) is 15.3. The Hall–Kier alpha value is -2.97. The highest BCUT2D eigenvalue weighted by Gasteiger charge is 2.47. The van der Waals surface area contributed by atoms with Gasteiger partial charge >= 0.3 is 5.97 Å². The molecule has 7 nitrogen and oxygen atoms in total. The molecule has 1 N–H and O–H groups in total. The van der Waals surface area contributed by atoms with Gasteiger partial charge in [0, 0.05) is 4.47 Å². The van der Waals surface area contributed by atoms with Crippen molar-refractivity contribution in [3.8, 4) is 0 Å². The van der Waals surface area contributed by atoms with E-state index in [9.17, 15) is 19.2 Å². The number of imide groups is 1. The maximum Gasteiger partial charge on any atom is 0.338 e. The highest BCUT2D eigenvalue weighted by atomic mass is 79.9. The van der Waals surface area contributed by atoms with E-state index in [1.807, 2.05) is 12.2 Å². The van der Waals surface area contributed by atoms with Crippen LogP contribution in [0.25, 0.3) is 0 Å². The number of hydrogen-bond donors (Lipinski definition) is 1. The van der Waals surface area contributed by atoms with Gasteiger partial charge < -0.3 is 10.1 Å². The summed E-state index contributed by atoms with van der Waals surface area (Å²) >= 11 is 9.33. The van der Waals surface area contributed by atoms with E-state index in [2.05, 4.69) is 21.2 Å². The van der Waals surface area contributed by atoms with Crippen molar-refractivity contribution in [1.29, 1.82) is 0 Å². The average Bonchev–Trinajstić information content (AvgIpc) is 3.04. The largest absolute Gasteiger partial charge is 0.452 e. The van der Waals surface area contributed by atoms with Crippen LogP contribution < -0.4 is 10.2 Å². The zero-order chi connectivity index (χ0) is 22.8. The molecule has 1 heterocycles. The maximum atomic E-state index is 12.7. The van der Waals surface area contributed by atoms with E-state index in [1.165, 1.54) is 29.2 Å². The van der Waals surface area contributed by atoms with Crippen molar-refractivity contribution in [1.82, 2.24) is 0 Å². The standard InChI is InChI=1S/C23H18BrClN2O5/c24-14-7-10-19(18(25)11-14)26-20(28)12-32-23(31)13-5-8-15(9-6-13)27-21(29)16-3-1-2-4-17(16)22(27)30/h1-2,5-11,16-17H,3-4,12H2,(H,26,28)/t16-,17-/m1/s1. The van der Waals surface area contributed by atoms with Crippen LogP contribution in [0.1, 0.15) is 23.2 Å². The van der Waals surface area contributed by atoms with Crippen molar-refractivity contribution in [3.63, 3.8) is 0 Å². The summed E-state index contributed by atoms with van der Waals surface area (Å²) in [5.41, 5.74) is 1.01. The van der Waals surface area contributed by atoms with Gasteiger partial charge in [0.25, 0.3) is 5.91 Å². The molecule has 2 atom stereocenters. The second-order valence-corrected chi connectivity index (χ2v) is 8.79. The molecule has 1 saturated heterocycles. The van der Waals surface area contributed by atoms with Gasteiger partial charge in [0.05, 0.1) is 33.8 Å². The number of nitrogens with one attached hydrogen (secondary N) is 1. The predicted octanol–water partition coefficient (Wildman–Crippen LogP) is 4.35. The number of halogens is 2. The zero-order valence-corrected chi connectivity index (χ0v) is 19.1. The highest BCUT2D eigenvalue weighted by molar-refractivity contribution is 9.10. The van der Waals surface area contributed by atoms with Crippen LogP contribution in [0.15, 0.2) is 59.1 Å². The Morgan fingerprint density at radius 3 is 2.25 bits per heavy atom. The monoisotopic (exact) mass is 516 g/mol. The topological polar surface area (TPSA) is 92.8 Å². The second-order valence-electron chi connectivity index (χ2n) is 7.46. The number of amides is 3. The van der Waals surface area contributed by atoms with Gasteiger partial charge in [-0.2, -0.15) is 0 Å². The number of hydrogen-bond acceptors (Lipinski definition) is 5. The molecule has 4 rings (SSSR count). The van der Waals surface area contributed by atoms with Crippen molar-refractivity contribution in [2.75, 3.05) is 16.8 Å². The highest BCUT2D eigenvalue weighted by Crippen LogP contribution is 2.37. The summed E-state index contributed by atoms with van der Waals surface area (Å²) in [5, 5.41) is 2.91. The molecule has 1 fully saturated rings. The fraction of sp³-hybridized carbons (Fsp3) is 0.217.